The van der Waals surface area contributed by atoms with Crippen molar-refractivity contribution in [2.75, 3.05) is 12.4 Å². The SMILES string of the molecule is COc1ccc(NC(=O)c2cc3c(s2)CCC(C)C3)cc1OCc1cccnc1. The normalized spacial score (nSPS) is 15.4. The van der Waals surface area contributed by atoms with Gasteiger partial charge in [-0.15, -0.1) is 11.3 Å². The van der Waals surface area contributed by atoms with Crippen LogP contribution >= 0.6 is 11.3 Å². The third-order valence-electron chi connectivity index (χ3n) is 5.09. The molecule has 0 saturated carbocycles. The van der Waals surface area contributed by atoms with E-state index in [1.165, 1.54) is 16.9 Å². The van der Waals surface area contributed by atoms with E-state index in [9.17, 15) is 4.79 Å². The van der Waals surface area contributed by atoms with Gasteiger partial charge >= 0.3 is 0 Å². The van der Waals surface area contributed by atoms with Crippen LogP contribution in [0.3, 0.4) is 0 Å². The van der Waals surface area contributed by atoms with Gasteiger partial charge < -0.3 is 14.8 Å². The lowest BCUT2D eigenvalue weighted by molar-refractivity contribution is 0.103. The van der Waals surface area contributed by atoms with Crippen LogP contribution in [0.5, 0.6) is 11.5 Å². The van der Waals surface area contributed by atoms with Crippen molar-refractivity contribution in [3.05, 3.63) is 69.7 Å². The van der Waals surface area contributed by atoms with E-state index in [-0.39, 0.29) is 5.91 Å². The first-order valence-corrected chi connectivity index (χ1v) is 10.6. The molecule has 1 unspecified atom stereocenters. The zero-order valence-corrected chi connectivity index (χ0v) is 17.4. The molecule has 0 fully saturated rings. The highest BCUT2D eigenvalue weighted by Crippen LogP contribution is 2.34. The number of thiophene rings is 1. The fraction of sp³-hybridized carbons (Fsp3) is 0.304. The van der Waals surface area contributed by atoms with Crippen molar-refractivity contribution in [3.63, 3.8) is 0 Å². The number of benzene rings is 1. The Morgan fingerprint density at radius 2 is 2.17 bits per heavy atom. The molecule has 1 aromatic carbocycles. The number of carbonyl (C=O) groups is 1. The molecule has 0 radical (unpaired) electrons. The molecule has 0 aliphatic heterocycles. The number of hydrogen-bond acceptors (Lipinski definition) is 5. The maximum atomic E-state index is 12.8. The van der Waals surface area contributed by atoms with Gasteiger partial charge in [0.15, 0.2) is 11.5 Å². The second-order valence-electron chi connectivity index (χ2n) is 7.38. The zero-order valence-electron chi connectivity index (χ0n) is 16.6. The number of nitrogens with zero attached hydrogens (tertiary/aromatic N) is 1. The Bertz CT molecular complexity index is 1000. The van der Waals surface area contributed by atoms with E-state index < -0.39 is 0 Å². The van der Waals surface area contributed by atoms with E-state index in [2.05, 4.69) is 17.2 Å². The van der Waals surface area contributed by atoms with E-state index in [4.69, 9.17) is 9.47 Å². The first-order valence-electron chi connectivity index (χ1n) is 9.75. The maximum Gasteiger partial charge on any atom is 0.265 e. The van der Waals surface area contributed by atoms with Gasteiger partial charge in [0.2, 0.25) is 0 Å². The number of aromatic nitrogens is 1. The molecule has 1 atom stereocenters. The highest BCUT2D eigenvalue weighted by Gasteiger charge is 2.21. The highest BCUT2D eigenvalue weighted by molar-refractivity contribution is 7.14. The summed E-state index contributed by atoms with van der Waals surface area (Å²) in [7, 11) is 1.60. The van der Waals surface area contributed by atoms with Gasteiger partial charge in [-0.3, -0.25) is 9.78 Å². The Morgan fingerprint density at radius 1 is 1.28 bits per heavy atom. The van der Waals surface area contributed by atoms with Gasteiger partial charge in [0.25, 0.3) is 5.91 Å². The number of aryl methyl sites for hydroxylation is 1. The van der Waals surface area contributed by atoms with Crippen LogP contribution in [0.25, 0.3) is 0 Å². The Morgan fingerprint density at radius 3 is 2.97 bits per heavy atom. The molecule has 29 heavy (non-hydrogen) atoms. The van der Waals surface area contributed by atoms with Gasteiger partial charge in [-0.1, -0.05) is 13.0 Å². The van der Waals surface area contributed by atoms with Crippen LogP contribution in [0.15, 0.2) is 48.8 Å². The second-order valence-corrected chi connectivity index (χ2v) is 8.51. The van der Waals surface area contributed by atoms with Crippen LogP contribution in [-0.2, 0) is 19.4 Å². The summed E-state index contributed by atoms with van der Waals surface area (Å²) < 4.78 is 11.3. The largest absolute Gasteiger partial charge is 0.493 e. The summed E-state index contributed by atoms with van der Waals surface area (Å²) in [5, 5.41) is 2.99. The first-order chi connectivity index (χ1) is 14.1. The molecule has 0 saturated heterocycles. The fourth-order valence-electron chi connectivity index (χ4n) is 3.52. The number of fused-ring (bicyclic) bond motifs is 1. The fourth-order valence-corrected chi connectivity index (χ4v) is 4.63. The van der Waals surface area contributed by atoms with Crippen molar-refractivity contribution in [1.82, 2.24) is 4.98 Å². The highest BCUT2D eigenvalue weighted by atomic mass is 32.1. The number of nitrogens with one attached hydrogen (secondary N) is 1. The van der Waals surface area contributed by atoms with Crippen molar-refractivity contribution in [1.29, 1.82) is 0 Å². The minimum absolute atomic E-state index is 0.0829. The molecule has 1 aliphatic carbocycles. The molecule has 0 bridgehead atoms. The lowest BCUT2D eigenvalue weighted by atomic mass is 9.90. The second kappa shape index (κ2) is 8.66. The summed E-state index contributed by atoms with van der Waals surface area (Å²) >= 11 is 1.61. The van der Waals surface area contributed by atoms with Crippen LogP contribution < -0.4 is 14.8 Å². The molecule has 5 nitrogen and oxygen atoms in total. The van der Waals surface area contributed by atoms with Crippen LogP contribution in [-0.4, -0.2) is 18.0 Å². The van der Waals surface area contributed by atoms with Crippen LogP contribution in [0, 0.1) is 5.92 Å². The quantitative estimate of drug-likeness (QED) is 0.616. The molecule has 2 heterocycles. The number of ether oxygens (including phenoxy) is 2. The lowest BCUT2D eigenvalue weighted by Crippen LogP contribution is -2.10. The average Bonchev–Trinajstić information content (AvgIpc) is 3.16. The molecule has 2 aromatic heterocycles. The predicted octanol–water partition coefficient (Wildman–Crippen LogP) is 5.11. The number of pyridine rings is 1. The third-order valence-corrected chi connectivity index (χ3v) is 6.33. The van der Waals surface area contributed by atoms with Crippen LogP contribution in [0.4, 0.5) is 5.69 Å². The number of methoxy groups -OCH3 is 1. The van der Waals surface area contributed by atoms with Crippen LogP contribution in [0.1, 0.15) is 39.0 Å². The van der Waals surface area contributed by atoms with Gasteiger partial charge in [0, 0.05) is 34.6 Å². The van der Waals surface area contributed by atoms with E-state index in [0.29, 0.717) is 29.7 Å². The zero-order chi connectivity index (χ0) is 20.2. The number of carbonyl (C=O) groups excluding carboxylic acids is 1. The summed E-state index contributed by atoms with van der Waals surface area (Å²) in [5.41, 5.74) is 2.97. The Hall–Kier alpha value is -2.86. The van der Waals surface area contributed by atoms with Crippen molar-refractivity contribution in [2.24, 2.45) is 5.92 Å². The Balaban J connectivity index is 1.47. The standard InChI is InChI=1S/C23H24N2O3S/c1-15-5-8-21-17(10-15)11-22(29-21)23(26)25-18-6-7-19(27-2)20(12-18)28-14-16-4-3-9-24-13-16/h3-4,6-7,9,11-13,15H,5,8,10,14H2,1-2H3,(H,25,26). The van der Waals surface area contributed by atoms with Gasteiger partial charge in [0.05, 0.1) is 12.0 Å². The van der Waals surface area contributed by atoms with E-state index in [1.807, 2.05) is 24.3 Å². The minimum Gasteiger partial charge on any atom is -0.493 e. The summed E-state index contributed by atoms with van der Waals surface area (Å²) in [6.45, 7) is 2.64. The van der Waals surface area contributed by atoms with Gasteiger partial charge in [-0.05, 0) is 55.0 Å². The smallest absolute Gasteiger partial charge is 0.265 e. The molecule has 4 rings (SSSR count). The van der Waals surface area contributed by atoms with Gasteiger partial charge in [0.1, 0.15) is 6.61 Å². The molecule has 1 N–H and O–H groups in total. The Kier molecular flexibility index (Phi) is 5.81. The van der Waals surface area contributed by atoms with Crippen molar-refractivity contribution in [3.8, 4) is 11.5 Å². The molecular formula is C23H24N2O3S. The van der Waals surface area contributed by atoms with E-state index in [1.54, 1.807) is 43.0 Å². The number of anilines is 1. The number of hydrogen-bond donors (Lipinski definition) is 1. The maximum absolute atomic E-state index is 12.8. The van der Waals surface area contributed by atoms with Crippen molar-refractivity contribution >= 4 is 22.9 Å². The van der Waals surface area contributed by atoms with E-state index in [0.717, 1.165) is 23.3 Å². The topological polar surface area (TPSA) is 60.5 Å². The monoisotopic (exact) mass is 408 g/mol. The molecule has 0 spiro atoms. The molecule has 3 aromatic rings. The first kappa shape index (κ1) is 19.5. The Labute approximate surface area is 174 Å². The van der Waals surface area contributed by atoms with Gasteiger partial charge in [-0.2, -0.15) is 0 Å². The summed E-state index contributed by atoms with van der Waals surface area (Å²) in [6, 6.07) is 11.3. The third kappa shape index (κ3) is 4.59. The summed E-state index contributed by atoms with van der Waals surface area (Å²) in [4.78, 5) is 19.0. The molecule has 6 heteroatoms. The molecule has 1 aliphatic rings. The van der Waals surface area contributed by atoms with Crippen molar-refractivity contribution < 1.29 is 14.3 Å². The minimum atomic E-state index is -0.0829. The van der Waals surface area contributed by atoms with E-state index >= 15 is 0 Å². The number of amides is 1. The van der Waals surface area contributed by atoms with Gasteiger partial charge in [-0.25, -0.2) is 0 Å². The molecular weight excluding hydrogens is 384 g/mol. The van der Waals surface area contributed by atoms with Crippen molar-refractivity contribution in [2.45, 2.75) is 32.8 Å². The molecule has 1 amide bonds. The lowest BCUT2D eigenvalue weighted by Gasteiger charge is -2.16. The molecule has 150 valence electrons. The van der Waals surface area contributed by atoms with Crippen LogP contribution in [0.2, 0.25) is 0 Å². The predicted molar refractivity (Wildman–Crippen MR) is 115 cm³/mol. The average molecular weight is 409 g/mol. The summed E-state index contributed by atoms with van der Waals surface area (Å²) in [6.07, 6.45) is 6.82. The number of rotatable bonds is 6. The summed E-state index contributed by atoms with van der Waals surface area (Å²) in [5.74, 6) is 1.80.